The molecule has 5 nitrogen and oxygen atoms in total. The highest BCUT2D eigenvalue weighted by atomic mass is 79.9. The molecule has 0 aromatic heterocycles. The smallest absolute Gasteiger partial charge is 0.338 e. The van der Waals surface area contributed by atoms with Crippen LogP contribution in [0.1, 0.15) is 35.7 Å². The molecule has 0 atom stereocenters. The van der Waals surface area contributed by atoms with Crippen LogP contribution in [0, 0.1) is 0 Å². The van der Waals surface area contributed by atoms with Gasteiger partial charge in [-0.25, -0.2) is 4.79 Å². The van der Waals surface area contributed by atoms with Crippen LogP contribution in [0.15, 0.2) is 53.0 Å². The Morgan fingerprint density at radius 3 is 2.58 bits per heavy atom. The van der Waals surface area contributed by atoms with Crippen molar-refractivity contribution in [1.29, 1.82) is 0 Å². The normalized spacial score (nSPS) is 10.2. The van der Waals surface area contributed by atoms with Crippen molar-refractivity contribution in [3.8, 4) is 5.75 Å². The minimum Gasteiger partial charge on any atom is -0.494 e. The standard InChI is InChI=1S/C20H22BrNO4/c1-2-3-11-25-18-9-7-16(8-10-18)20(24)26-14-19(23)22-13-15-5-4-6-17(21)12-15/h4-10,12H,2-3,11,13-14H2,1H3,(H,22,23). The molecule has 0 bridgehead atoms. The average Bonchev–Trinajstić information content (AvgIpc) is 2.65. The molecule has 1 N–H and O–H groups in total. The molecule has 0 saturated carbocycles. The van der Waals surface area contributed by atoms with Gasteiger partial charge in [0.2, 0.25) is 0 Å². The lowest BCUT2D eigenvalue weighted by atomic mass is 10.2. The molecule has 2 rings (SSSR count). The zero-order valence-corrected chi connectivity index (χ0v) is 16.3. The first-order valence-electron chi connectivity index (χ1n) is 8.49. The Hall–Kier alpha value is -2.34. The van der Waals surface area contributed by atoms with E-state index in [-0.39, 0.29) is 12.5 Å². The van der Waals surface area contributed by atoms with Crippen molar-refractivity contribution in [2.24, 2.45) is 0 Å². The van der Waals surface area contributed by atoms with Crippen LogP contribution in [-0.2, 0) is 16.1 Å². The Bertz CT molecular complexity index is 731. The number of esters is 1. The first-order valence-corrected chi connectivity index (χ1v) is 9.29. The van der Waals surface area contributed by atoms with E-state index in [1.165, 1.54) is 0 Å². The number of nitrogens with one attached hydrogen (secondary N) is 1. The quantitative estimate of drug-likeness (QED) is 0.490. The van der Waals surface area contributed by atoms with Gasteiger partial charge < -0.3 is 14.8 Å². The van der Waals surface area contributed by atoms with Crippen molar-refractivity contribution >= 4 is 27.8 Å². The molecule has 0 fully saturated rings. The predicted octanol–water partition coefficient (Wildman–Crippen LogP) is 4.10. The molecule has 0 saturated heterocycles. The van der Waals surface area contributed by atoms with Crippen molar-refractivity contribution in [2.75, 3.05) is 13.2 Å². The van der Waals surface area contributed by atoms with Crippen LogP contribution in [-0.4, -0.2) is 25.1 Å². The van der Waals surface area contributed by atoms with Gasteiger partial charge >= 0.3 is 5.97 Å². The maximum absolute atomic E-state index is 12.0. The van der Waals surface area contributed by atoms with Gasteiger partial charge in [-0.3, -0.25) is 4.79 Å². The topological polar surface area (TPSA) is 64.6 Å². The van der Waals surface area contributed by atoms with Gasteiger partial charge in [0.1, 0.15) is 5.75 Å². The van der Waals surface area contributed by atoms with Crippen molar-refractivity contribution < 1.29 is 19.1 Å². The van der Waals surface area contributed by atoms with Crippen LogP contribution in [0.4, 0.5) is 0 Å². The summed E-state index contributed by atoms with van der Waals surface area (Å²) in [7, 11) is 0. The Balaban J connectivity index is 1.74. The summed E-state index contributed by atoms with van der Waals surface area (Å²) in [6.45, 7) is 2.80. The highest BCUT2D eigenvalue weighted by molar-refractivity contribution is 9.10. The number of ether oxygens (including phenoxy) is 2. The second-order valence-corrected chi connectivity index (χ2v) is 6.62. The maximum atomic E-state index is 12.0. The third-order valence-electron chi connectivity index (χ3n) is 3.57. The molecule has 2 aromatic carbocycles. The second kappa shape index (κ2) is 10.6. The SMILES string of the molecule is CCCCOc1ccc(C(=O)OCC(=O)NCc2cccc(Br)c2)cc1. The van der Waals surface area contributed by atoms with E-state index >= 15 is 0 Å². The van der Waals surface area contributed by atoms with Gasteiger partial charge in [0.15, 0.2) is 6.61 Å². The highest BCUT2D eigenvalue weighted by Gasteiger charge is 2.10. The van der Waals surface area contributed by atoms with Crippen LogP contribution in [0.2, 0.25) is 0 Å². The van der Waals surface area contributed by atoms with Crippen LogP contribution in [0.5, 0.6) is 5.75 Å². The zero-order chi connectivity index (χ0) is 18.8. The van der Waals surface area contributed by atoms with E-state index in [4.69, 9.17) is 9.47 Å². The molecule has 0 unspecified atom stereocenters. The molecule has 0 aliphatic heterocycles. The summed E-state index contributed by atoms with van der Waals surface area (Å²) < 4.78 is 11.5. The van der Waals surface area contributed by atoms with Crippen LogP contribution in [0.25, 0.3) is 0 Å². The van der Waals surface area contributed by atoms with Crippen LogP contribution < -0.4 is 10.1 Å². The molecule has 138 valence electrons. The van der Waals surface area contributed by atoms with Crippen molar-refractivity contribution in [1.82, 2.24) is 5.32 Å². The lowest BCUT2D eigenvalue weighted by molar-refractivity contribution is -0.124. The third kappa shape index (κ3) is 6.88. The number of rotatable bonds is 9. The molecule has 26 heavy (non-hydrogen) atoms. The van der Waals surface area contributed by atoms with Gasteiger partial charge in [-0.15, -0.1) is 0 Å². The number of hydrogen-bond donors (Lipinski definition) is 1. The highest BCUT2D eigenvalue weighted by Crippen LogP contribution is 2.14. The number of hydrogen-bond acceptors (Lipinski definition) is 4. The molecular weight excluding hydrogens is 398 g/mol. The monoisotopic (exact) mass is 419 g/mol. The van der Waals surface area contributed by atoms with Gasteiger partial charge in [-0.05, 0) is 48.4 Å². The van der Waals surface area contributed by atoms with E-state index in [0.717, 1.165) is 22.9 Å². The molecule has 1 amide bonds. The summed E-state index contributed by atoms with van der Waals surface area (Å²) in [5.74, 6) is -0.178. The van der Waals surface area contributed by atoms with Crippen molar-refractivity contribution in [3.63, 3.8) is 0 Å². The number of carbonyl (C=O) groups excluding carboxylic acids is 2. The Labute approximate surface area is 161 Å². The number of halogens is 1. The minimum absolute atomic E-state index is 0.318. The Morgan fingerprint density at radius 2 is 1.88 bits per heavy atom. The first-order chi connectivity index (χ1) is 12.6. The van der Waals surface area contributed by atoms with Gasteiger partial charge in [0.05, 0.1) is 12.2 Å². The summed E-state index contributed by atoms with van der Waals surface area (Å²) in [5.41, 5.74) is 1.34. The van der Waals surface area contributed by atoms with E-state index < -0.39 is 5.97 Å². The first kappa shape index (κ1) is 20.0. The number of benzene rings is 2. The van der Waals surface area contributed by atoms with Crippen LogP contribution in [0.3, 0.4) is 0 Å². The summed E-state index contributed by atoms with van der Waals surface area (Å²) in [6, 6.07) is 14.3. The second-order valence-electron chi connectivity index (χ2n) is 5.71. The molecule has 0 aliphatic rings. The summed E-state index contributed by atoms with van der Waals surface area (Å²) in [5, 5.41) is 2.71. The molecule has 6 heteroatoms. The summed E-state index contributed by atoms with van der Waals surface area (Å²) in [6.07, 6.45) is 2.05. The fourth-order valence-electron chi connectivity index (χ4n) is 2.13. The maximum Gasteiger partial charge on any atom is 0.338 e. The van der Waals surface area contributed by atoms with E-state index in [9.17, 15) is 9.59 Å². The van der Waals surface area contributed by atoms with Crippen molar-refractivity contribution in [3.05, 3.63) is 64.1 Å². The van der Waals surface area contributed by atoms with Gasteiger partial charge in [0.25, 0.3) is 5.91 Å². The molecule has 0 radical (unpaired) electrons. The average molecular weight is 420 g/mol. The number of unbranched alkanes of at least 4 members (excludes halogenated alkanes) is 1. The fraction of sp³-hybridized carbons (Fsp3) is 0.300. The van der Waals surface area contributed by atoms with E-state index in [2.05, 4.69) is 28.2 Å². The van der Waals surface area contributed by atoms with Gasteiger partial charge in [-0.2, -0.15) is 0 Å². The summed E-state index contributed by atoms with van der Waals surface area (Å²) >= 11 is 3.38. The summed E-state index contributed by atoms with van der Waals surface area (Å²) in [4.78, 5) is 23.8. The van der Waals surface area contributed by atoms with Crippen molar-refractivity contribution in [2.45, 2.75) is 26.3 Å². The molecular formula is C20H22BrNO4. The molecule has 2 aromatic rings. The van der Waals surface area contributed by atoms with Gasteiger partial charge in [-0.1, -0.05) is 41.4 Å². The van der Waals surface area contributed by atoms with Crippen LogP contribution >= 0.6 is 15.9 Å². The van der Waals surface area contributed by atoms with E-state index in [1.807, 2.05) is 24.3 Å². The third-order valence-corrected chi connectivity index (χ3v) is 4.06. The molecule has 0 heterocycles. The van der Waals surface area contributed by atoms with Gasteiger partial charge in [0, 0.05) is 11.0 Å². The molecule has 0 aliphatic carbocycles. The Kier molecular flexibility index (Phi) is 8.15. The number of amides is 1. The molecule has 0 spiro atoms. The van der Waals surface area contributed by atoms with E-state index in [0.29, 0.717) is 24.5 Å². The number of carbonyl (C=O) groups is 2. The lowest BCUT2D eigenvalue weighted by Crippen LogP contribution is -2.28. The largest absolute Gasteiger partial charge is 0.494 e. The minimum atomic E-state index is -0.539. The fourth-order valence-corrected chi connectivity index (χ4v) is 2.58. The predicted molar refractivity (Wildman–Crippen MR) is 103 cm³/mol. The lowest BCUT2D eigenvalue weighted by Gasteiger charge is -2.08. The Morgan fingerprint density at radius 1 is 1.12 bits per heavy atom. The zero-order valence-electron chi connectivity index (χ0n) is 14.7. The van der Waals surface area contributed by atoms with E-state index in [1.54, 1.807) is 24.3 Å².